The molecule has 2 atom stereocenters. The largest absolute Gasteiger partial charge is 0.494 e. The molecule has 6 nitrogen and oxygen atoms in total. The van der Waals surface area contributed by atoms with Crippen molar-refractivity contribution in [3.8, 4) is 5.75 Å². The van der Waals surface area contributed by atoms with E-state index >= 15 is 0 Å². The number of hydrogen-bond acceptors (Lipinski definition) is 5. The molecule has 1 fully saturated rings. The van der Waals surface area contributed by atoms with E-state index in [9.17, 15) is 4.79 Å². The van der Waals surface area contributed by atoms with Crippen molar-refractivity contribution >= 4 is 12.1 Å². The van der Waals surface area contributed by atoms with Gasteiger partial charge in [0.25, 0.3) is 5.91 Å². The normalized spacial score (nSPS) is 19.3. The molecule has 2 aromatic rings. The second kappa shape index (κ2) is 9.85. The van der Waals surface area contributed by atoms with Crippen LogP contribution in [0.4, 0.5) is 0 Å². The topological polar surface area (TPSA) is 74.8 Å². The van der Waals surface area contributed by atoms with Crippen LogP contribution in [-0.2, 0) is 4.79 Å². The van der Waals surface area contributed by atoms with Gasteiger partial charge in [0.1, 0.15) is 11.8 Å². The SMILES string of the molecule is CCCCOc1ccc(/C=N\NC(=O)C2CC(c3ccccc3)NN2)cc1. The number of benzene rings is 2. The standard InChI is InChI=1S/C21H26N4O2/c1-2-3-13-27-18-11-9-16(10-12-18)15-22-25-21(26)20-14-19(23-24-20)17-7-5-4-6-8-17/h4-12,15,19-20,23-24H,2-3,13-14H2,1H3,(H,25,26)/b22-15-. The minimum Gasteiger partial charge on any atom is -0.494 e. The Kier molecular flexibility index (Phi) is 6.96. The summed E-state index contributed by atoms with van der Waals surface area (Å²) in [4.78, 5) is 12.3. The summed E-state index contributed by atoms with van der Waals surface area (Å²) in [5.74, 6) is 0.689. The number of amides is 1. The van der Waals surface area contributed by atoms with Crippen molar-refractivity contribution < 1.29 is 9.53 Å². The molecule has 142 valence electrons. The van der Waals surface area contributed by atoms with Crippen molar-refractivity contribution in [2.45, 2.75) is 38.3 Å². The van der Waals surface area contributed by atoms with Crippen molar-refractivity contribution in [3.63, 3.8) is 0 Å². The number of nitrogens with one attached hydrogen (secondary N) is 3. The van der Waals surface area contributed by atoms with E-state index in [1.54, 1.807) is 6.21 Å². The Morgan fingerprint density at radius 3 is 2.70 bits per heavy atom. The summed E-state index contributed by atoms with van der Waals surface area (Å²) in [5, 5.41) is 4.06. The predicted octanol–water partition coefficient (Wildman–Crippen LogP) is 2.92. The first-order valence-corrected chi connectivity index (χ1v) is 9.38. The minimum absolute atomic E-state index is 0.117. The first-order valence-electron chi connectivity index (χ1n) is 9.38. The molecule has 0 aliphatic carbocycles. The quantitative estimate of drug-likeness (QED) is 0.381. The zero-order valence-electron chi connectivity index (χ0n) is 15.5. The van der Waals surface area contributed by atoms with Crippen LogP contribution in [0.1, 0.15) is 43.4 Å². The first-order chi connectivity index (χ1) is 13.3. The van der Waals surface area contributed by atoms with E-state index in [1.165, 1.54) is 0 Å². The summed E-state index contributed by atoms with van der Waals surface area (Å²) in [7, 11) is 0. The fourth-order valence-electron chi connectivity index (χ4n) is 2.86. The van der Waals surface area contributed by atoms with Gasteiger partial charge >= 0.3 is 0 Å². The van der Waals surface area contributed by atoms with Crippen molar-refractivity contribution in [1.29, 1.82) is 0 Å². The van der Waals surface area contributed by atoms with E-state index < -0.39 is 0 Å². The lowest BCUT2D eigenvalue weighted by atomic mass is 10.0. The molecule has 0 spiro atoms. The number of ether oxygens (including phenoxy) is 1. The number of hydrazone groups is 1. The highest BCUT2D eigenvalue weighted by Gasteiger charge is 2.29. The molecule has 2 unspecified atom stereocenters. The number of hydrogen-bond donors (Lipinski definition) is 3. The molecule has 2 aromatic carbocycles. The van der Waals surface area contributed by atoms with Crippen LogP contribution in [0.15, 0.2) is 59.7 Å². The van der Waals surface area contributed by atoms with Crippen molar-refractivity contribution in [2.24, 2.45) is 5.10 Å². The highest BCUT2D eigenvalue weighted by atomic mass is 16.5. The average molecular weight is 366 g/mol. The molecule has 0 bridgehead atoms. The molecule has 1 amide bonds. The Balaban J connectivity index is 1.45. The van der Waals surface area contributed by atoms with Crippen molar-refractivity contribution in [2.75, 3.05) is 6.61 Å². The lowest BCUT2D eigenvalue weighted by Gasteiger charge is -2.08. The van der Waals surface area contributed by atoms with Gasteiger partial charge in [-0.2, -0.15) is 5.10 Å². The van der Waals surface area contributed by atoms with Crippen LogP contribution in [0, 0.1) is 0 Å². The maximum atomic E-state index is 12.3. The minimum atomic E-state index is -0.318. The summed E-state index contributed by atoms with van der Waals surface area (Å²) >= 11 is 0. The summed E-state index contributed by atoms with van der Waals surface area (Å²) in [6.45, 7) is 2.86. The molecule has 1 heterocycles. The summed E-state index contributed by atoms with van der Waals surface area (Å²) in [5.41, 5.74) is 10.9. The van der Waals surface area contributed by atoms with Gasteiger partial charge in [0.2, 0.25) is 0 Å². The van der Waals surface area contributed by atoms with Crippen LogP contribution < -0.4 is 21.0 Å². The molecular weight excluding hydrogens is 340 g/mol. The fourth-order valence-corrected chi connectivity index (χ4v) is 2.86. The zero-order chi connectivity index (χ0) is 18.9. The van der Waals surface area contributed by atoms with Crippen LogP contribution >= 0.6 is 0 Å². The summed E-state index contributed by atoms with van der Waals surface area (Å²) in [6.07, 6.45) is 4.46. The van der Waals surface area contributed by atoms with Gasteiger partial charge < -0.3 is 4.74 Å². The van der Waals surface area contributed by atoms with Crippen LogP contribution in [0.2, 0.25) is 0 Å². The average Bonchev–Trinajstić information content (AvgIpc) is 3.20. The van der Waals surface area contributed by atoms with Gasteiger partial charge in [-0.05, 0) is 48.2 Å². The summed E-state index contributed by atoms with van der Waals surface area (Å²) in [6, 6.07) is 17.5. The fraction of sp³-hybridized carbons (Fsp3) is 0.333. The van der Waals surface area contributed by atoms with Crippen LogP contribution in [0.3, 0.4) is 0 Å². The molecule has 1 aliphatic heterocycles. The Morgan fingerprint density at radius 1 is 1.19 bits per heavy atom. The molecule has 3 N–H and O–H groups in total. The molecule has 0 aromatic heterocycles. The Bertz CT molecular complexity index is 747. The zero-order valence-corrected chi connectivity index (χ0v) is 15.5. The van der Waals surface area contributed by atoms with Gasteiger partial charge in [-0.25, -0.2) is 16.3 Å². The second-order valence-electron chi connectivity index (χ2n) is 6.55. The highest BCUT2D eigenvalue weighted by Crippen LogP contribution is 2.21. The van der Waals surface area contributed by atoms with E-state index in [0.717, 1.165) is 36.3 Å². The second-order valence-corrected chi connectivity index (χ2v) is 6.55. The Labute approximate surface area is 160 Å². The third-order valence-electron chi connectivity index (χ3n) is 4.46. The lowest BCUT2D eigenvalue weighted by Crippen LogP contribution is -2.41. The maximum Gasteiger partial charge on any atom is 0.258 e. The van der Waals surface area contributed by atoms with E-state index in [4.69, 9.17) is 4.74 Å². The number of hydrazine groups is 1. The number of nitrogens with zero attached hydrogens (tertiary/aromatic N) is 1. The monoisotopic (exact) mass is 366 g/mol. The third kappa shape index (κ3) is 5.64. The highest BCUT2D eigenvalue weighted by molar-refractivity contribution is 5.85. The van der Waals surface area contributed by atoms with Gasteiger partial charge in [-0.3, -0.25) is 4.79 Å². The van der Waals surface area contributed by atoms with Crippen LogP contribution in [-0.4, -0.2) is 24.8 Å². The molecule has 27 heavy (non-hydrogen) atoms. The number of rotatable bonds is 8. The van der Waals surface area contributed by atoms with E-state index in [-0.39, 0.29) is 18.0 Å². The van der Waals surface area contributed by atoms with Gasteiger partial charge in [0.15, 0.2) is 0 Å². The van der Waals surface area contributed by atoms with Gasteiger partial charge in [-0.15, -0.1) is 0 Å². The number of carbonyl (C=O) groups excluding carboxylic acids is 1. The van der Waals surface area contributed by atoms with E-state index in [2.05, 4.69) is 28.3 Å². The molecule has 1 saturated heterocycles. The summed E-state index contributed by atoms with van der Waals surface area (Å²) < 4.78 is 5.63. The smallest absolute Gasteiger partial charge is 0.258 e. The first kappa shape index (κ1) is 19.1. The number of unbranched alkanes of at least 4 members (excludes halogenated alkanes) is 1. The van der Waals surface area contributed by atoms with Crippen LogP contribution in [0.5, 0.6) is 5.75 Å². The van der Waals surface area contributed by atoms with Gasteiger partial charge in [0, 0.05) is 6.04 Å². The molecular formula is C21H26N4O2. The van der Waals surface area contributed by atoms with Gasteiger partial charge in [-0.1, -0.05) is 43.7 Å². The van der Waals surface area contributed by atoms with Crippen LogP contribution in [0.25, 0.3) is 0 Å². The third-order valence-corrected chi connectivity index (χ3v) is 4.46. The molecule has 0 saturated carbocycles. The van der Waals surface area contributed by atoms with Crippen molar-refractivity contribution in [3.05, 3.63) is 65.7 Å². The lowest BCUT2D eigenvalue weighted by molar-refractivity contribution is -0.122. The van der Waals surface area contributed by atoms with Crippen molar-refractivity contribution in [1.82, 2.24) is 16.3 Å². The molecule has 6 heteroatoms. The number of carbonyl (C=O) groups is 1. The van der Waals surface area contributed by atoms with Gasteiger partial charge in [0.05, 0.1) is 12.8 Å². The maximum absolute atomic E-state index is 12.3. The molecule has 0 radical (unpaired) electrons. The molecule has 1 aliphatic rings. The Morgan fingerprint density at radius 2 is 1.96 bits per heavy atom. The molecule has 3 rings (SSSR count). The van der Waals surface area contributed by atoms with E-state index in [0.29, 0.717) is 6.42 Å². The van der Waals surface area contributed by atoms with E-state index in [1.807, 2.05) is 54.6 Å². The predicted molar refractivity (Wildman–Crippen MR) is 106 cm³/mol. The Hall–Kier alpha value is -2.70.